The van der Waals surface area contributed by atoms with E-state index in [1.165, 1.54) is 84.0 Å². The third-order valence-electron chi connectivity index (χ3n) is 8.63. The van der Waals surface area contributed by atoms with Crippen molar-refractivity contribution in [2.45, 2.75) is 68.1 Å². The first-order valence-corrected chi connectivity index (χ1v) is 19.7. The molecule has 4 rings (SSSR count). The van der Waals surface area contributed by atoms with Crippen molar-refractivity contribution in [1.29, 1.82) is 0 Å². The van der Waals surface area contributed by atoms with Crippen molar-refractivity contribution in [2.24, 2.45) is 5.92 Å². The van der Waals surface area contributed by atoms with E-state index in [2.05, 4.69) is 4.72 Å². The third-order valence-corrected chi connectivity index (χ3v) is 12.1. The number of benzene rings is 3. The van der Waals surface area contributed by atoms with Crippen molar-refractivity contribution >= 4 is 43.2 Å². The number of carbonyl (C=O) groups is 1. The number of anilines is 1. The Labute approximate surface area is 300 Å². The minimum Gasteiger partial charge on any atom is -0.497 e. The minimum atomic E-state index is -4.03. The number of rotatable bonds is 10. The van der Waals surface area contributed by atoms with Gasteiger partial charge in [-0.15, -0.1) is 0 Å². The number of sulfonamides is 2. The quantitative estimate of drug-likeness (QED) is 0.283. The van der Waals surface area contributed by atoms with Gasteiger partial charge in [0.2, 0.25) is 10.0 Å². The van der Waals surface area contributed by atoms with Crippen molar-refractivity contribution in [3.8, 4) is 11.5 Å². The SMILES string of the molecule is COc1ccc(S(=O)(=O)Nc2ccc3c(c2)C(=O)N([C@H](C)CO)C[C@H](C)[C@@H](CN(C)S(=O)(=O)c2ccc(Cl)cc2)OCCCC[C@@H](C)O3)cc1. The monoisotopic (exact) mass is 751 g/mol. The molecule has 0 bridgehead atoms. The number of nitrogens with one attached hydrogen (secondary N) is 1. The molecule has 1 amide bonds. The zero-order valence-electron chi connectivity index (χ0n) is 28.9. The Morgan fingerprint density at radius 3 is 2.32 bits per heavy atom. The van der Waals surface area contributed by atoms with Crippen LogP contribution in [0.1, 0.15) is 50.4 Å². The fraction of sp³-hybridized carbons (Fsp3) is 0.457. The van der Waals surface area contributed by atoms with Gasteiger partial charge in [0.15, 0.2) is 0 Å². The number of aliphatic hydroxyl groups excluding tert-OH is 1. The average Bonchev–Trinajstić information content (AvgIpc) is 3.09. The van der Waals surface area contributed by atoms with Crippen molar-refractivity contribution in [3.63, 3.8) is 0 Å². The van der Waals surface area contributed by atoms with E-state index in [1.807, 2.05) is 13.8 Å². The Morgan fingerprint density at radius 2 is 1.68 bits per heavy atom. The molecular formula is C35H46ClN3O9S2. The standard InChI is InChI=1S/C35H46ClN3O9S2/c1-24-21-39(25(2)23-40)35(41)32-20-28(37-49(42,43)30-16-12-29(46-5)13-17-30)11-18-33(32)48-26(3)8-6-7-19-47-34(24)22-38(4)50(44,45)31-14-9-27(36)10-15-31/h9-18,20,24-26,34,37,40H,6-8,19,21-23H2,1-5H3/t24-,25+,26+,34+/m0/s1. The van der Waals surface area contributed by atoms with Gasteiger partial charge in [-0.25, -0.2) is 16.8 Å². The molecule has 0 radical (unpaired) electrons. The lowest BCUT2D eigenvalue weighted by atomic mass is 10.0. The number of amides is 1. The molecule has 0 saturated carbocycles. The summed E-state index contributed by atoms with van der Waals surface area (Å²) in [6.45, 7) is 5.56. The maximum atomic E-state index is 14.4. The third kappa shape index (κ3) is 9.89. The summed E-state index contributed by atoms with van der Waals surface area (Å²) < 4.78 is 74.9. The summed E-state index contributed by atoms with van der Waals surface area (Å²) in [4.78, 5) is 16.0. The summed E-state index contributed by atoms with van der Waals surface area (Å²) in [5.41, 5.74) is 0.251. The number of fused-ring (bicyclic) bond motifs is 1. The number of hydrogen-bond donors (Lipinski definition) is 2. The summed E-state index contributed by atoms with van der Waals surface area (Å²) >= 11 is 5.98. The maximum Gasteiger partial charge on any atom is 0.261 e. The summed E-state index contributed by atoms with van der Waals surface area (Å²) in [6, 6.07) is 15.7. The number of aliphatic hydroxyl groups is 1. The summed E-state index contributed by atoms with van der Waals surface area (Å²) in [5.74, 6) is -0.110. The molecular weight excluding hydrogens is 706 g/mol. The Kier molecular flexibility index (Phi) is 13.6. The highest BCUT2D eigenvalue weighted by Gasteiger charge is 2.32. The molecule has 0 fully saturated rings. The van der Waals surface area contributed by atoms with Crippen molar-refractivity contribution < 1.29 is 40.9 Å². The molecule has 0 aliphatic carbocycles. The Hall–Kier alpha value is -3.40. The van der Waals surface area contributed by atoms with E-state index in [4.69, 9.17) is 25.8 Å². The van der Waals surface area contributed by atoms with Gasteiger partial charge in [0.25, 0.3) is 15.9 Å². The Bertz CT molecular complexity index is 1810. The van der Waals surface area contributed by atoms with Gasteiger partial charge >= 0.3 is 0 Å². The Balaban J connectivity index is 1.67. The largest absolute Gasteiger partial charge is 0.497 e. The van der Waals surface area contributed by atoms with Crippen molar-refractivity contribution in [2.75, 3.05) is 45.2 Å². The second kappa shape index (κ2) is 17.2. The van der Waals surface area contributed by atoms with Crippen molar-refractivity contribution in [3.05, 3.63) is 77.3 Å². The van der Waals surface area contributed by atoms with Gasteiger partial charge in [0.05, 0.1) is 47.3 Å². The van der Waals surface area contributed by atoms with Crippen LogP contribution in [0.15, 0.2) is 76.5 Å². The molecule has 50 heavy (non-hydrogen) atoms. The first kappa shape index (κ1) is 39.4. The molecule has 0 saturated heterocycles. The van der Waals surface area contributed by atoms with Gasteiger partial charge in [0, 0.05) is 43.4 Å². The zero-order valence-corrected chi connectivity index (χ0v) is 31.3. The van der Waals surface area contributed by atoms with Gasteiger partial charge in [-0.3, -0.25) is 9.52 Å². The number of halogens is 1. The fourth-order valence-corrected chi connectivity index (χ4v) is 7.91. The van der Waals surface area contributed by atoms with E-state index < -0.39 is 38.1 Å². The molecule has 1 aliphatic heterocycles. The summed E-state index contributed by atoms with van der Waals surface area (Å²) in [6.07, 6.45) is 1.18. The van der Waals surface area contributed by atoms with Crippen LogP contribution in [0.3, 0.4) is 0 Å². The van der Waals surface area contributed by atoms with Gasteiger partial charge in [-0.05, 0) is 99.8 Å². The molecule has 2 N–H and O–H groups in total. The van der Waals surface area contributed by atoms with Crippen LogP contribution in [0.4, 0.5) is 5.69 Å². The van der Waals surface area contributed by atoms with Gasteiger partial charge < -0.3 is 24.2 Å². The van der Waals surface area contributed by atoms with E-state index in [0.29, 0.717) is 30.2 Å². The number of hydrogen-bond acceptors (Lipinski definition) is 9. The van der Waals surface area contributed by atoms with Gasteiger partial charge in [0.1, 0.15) is 11.5 Å². The van der Waals surface area contributed by atoms with Crippen LogP contribution in [0, 0.1) is 5.92 Å². The lowest BCUT2D eigenvalue weighted by Gasteiger charge is -2.35. The van der Waals surface area contributed by atoms with Gasteiger partial charge in [-0.2, -0.15) is 4.31 Å². The normalized spacial score (nSPS) is 20.4. The second-order valence-electron chi connectivity index (χ2n) is 12.5. The Morgan fingerprint density at radius 1 is 1.02 bits per heavy atom. The first-order valence-electron chi connectivity index (χ1n) is 16.4. The summed E-state index contributed by atoms with van der Waals surface area (Å²) in [5, 5.41) is 10.6. The van der Waals surface area contributed by atoms with Crippen molar-refractivity contribution in [1.82, 2.24) is 9.21 Å². The lowest BCUT2D eigenvalue weighted by molar-refractivity contribution is -0.00833. The second-order valence-corrected chi connectivity index (χ2v) is 16.7. The molecule has 3 aromatic carbocycles. The molecule has 15 heteroatoms. The van der Waals surface area contributed by atoms with Crippen LogP contribution < -0.4 is 14.2 Å². The molecule has 274 valence electrons. The first-order chi connectivity index (χ1) is 23.7. The van der Waals surface area contributed by atoms with Crippen LogP contribution in [0.25, 0.3) is 0 Å². The zero-order chi connectivity index (χ0) is 36.6. The molecule has 1 heterocycles. The number of carbonyl (C=O) groups excluding carboxylic acids is 1. The number of ether oxygens (including phenoxy) is 3. The summed E-state index contributed by atoms with van der Waals surface area (Å²) in [7, 11) is -4.94. The molecule has 0 aromatic heterocycles. The smallest absolute Gasteiger partial charge is 0.261 e. The predicted octanol–water partition coefficient (Wildman–Crippen LogP) is 5.27. The molecule has 0 unspecified atom stereocenters. The van der Waals surface area contributed by atoms with E-state index in [-0.39, 0.29) is 58.5 Å². The number of methoxy groups -OCH3 is 1. The molecule has 1 aliphatic rings. The average molecular weight is 752 g/mol. The van der Waals surface area contributed by atoms with Gasteiger partial charge in [-0.1, -0.05) is 18.5 Å². The molecule has 12 nitrogen and oxygen atoms in total. The van der Waals surface area contributed by atoms with Crippen LogP contribution in [0.5, 0.6) is 11.5 Å². The number of likely N-dealkylation sites (N-methyl/N-ethyl adjacent to an activating group) is 1. The van der Waals surface area contributed by atoms with E-state index in [0.717, 1.165) is 6.42 Å². The van der Waals surface area contributed by atoms with Crippen LogP contribution in [-0.2, 0) is 24.8 Å². The highest BCUT2D eigenvalue weighted by Crippen LogP contribution is 2.30. The molecule has 0 spiro atoms. The molecule has 3 aromatic rings. The molecule has 4 atom stereocenters. The highest BCUT2D eigenvalue weighted by molar-refractivity contribution is 7.92. The highest BCUT2D eigenvalue weighted by atomic mass is 35.5. The topological polar surface area (TPSA) is 152 Å². The van der Waals surface area contributed by atoms with Crippen LogP contribution in [-0.4, -0.2) is 95.8 Å². The lowest BCUT2D eigenvalue weighted by Crippen LogP contribution is -2.48. The van der Waals surface area contributed by atoms with Crippen LogP contribution >= 0.6 is 11.6 Å². The minimum absolute atomic E-state index is 0.00743. The van der Waals surface area contributed by atoms with Crippen LogP contribution in [0.2, 0.25) is 5.02 Å². The van der Waals surface area contributed by atoms with E-state index >= 15 is 0 Å². The van der Waals surface area contributed by atoms with E-state index in [9.17, 15) is 26.7 Å². The van der Waals surface area contributed by atoms with E-state index in [1.54, 1.807) is 13.0 Å². The fourth-order valence-electron chi connectivity index (χ4n) is 5.56. The predicted molar refractivity (Wildman–Crippen MR) is 192 cm³/mol. The number of nitrogens with zero attached hydrogens (tertiary/aromatic N) is 2. The maximum absolute atomic E-state index is 14.4.